The van der Waals surface area contributed by atoms with Gasteiger partial charge in [-0.05, 0) is 12.5 Å². The third-order valence-corrected chi connectivity index (χ3v) is 2.57. The van der Waals surface area contributed by atoms with Crippen molar-refractivity contribution in [3.8, 4) is 11.5 Å². The number of fused-ring (bicyclic) bond motifs is 1. The fourth-order valence-corrected chi connectivity index (χ4v) is 1.89. The van der Waals surface area contributed by atoms with Crippen LogP contribution in [0.25, 0.3) is 0 Å². The normalized spacial score (nSPS) is 12.4. The summed E-state index contributed by atoms with van der Waals surface area (Å²) >= 11 is 0. The van der Waals surface area contributed by atoms with Crippen LogP contribution in [0.1, 0.15) is 29.8 Å². The lowest BCUT2D eigenvalue weighted by atomic mass is 10.0. The predicted octanol–water partition coefficient (Wildman–Crippen LogP) is 1.75. The molecule has 0 fully saturated rings. The fraction of sp³-hybridized carbons (Fsp3) is 0.333. The van der Waals surface area contributed by atoms with Crippen molar-refractivity contribution in [2.24, 2.45) is 0 Å². The molecule has 1 heterocycles. The van der Waals surface area contributed by atoms with Gasteiger partial charge in [0.25, 0.3) is 0 Å². The van der Waals surface area contributed by atoms with Gasteiger partial charge in [0.05, 0.1) is 5.69 Å². The number of amides is 1. The molecule has 0 spiro atoms. The first-order chi connectivity index (χ1) is 8.17. The van der Waals surface area contributed by atoms with Crippen LogP contribution in [0.4, 0.5) is 5.69 Å². The zero-order valence-corrected chi connectivity index (χ0v) is 9.70. The number of hydrogen-bond acceptors (Lipinski definition) is 4. The molecule has 1 aromatic rings. The van der Waals surface area contributed by atoms with Gasteiger partial charge < -0.3 is 14.8 Å². The van der Waals surface area contributed by atoms with E-state index in [2.05, 4.69) is 5.32 Å². The quantitative estimate of drug-likeness (QED) is 0.810. The molecule has 0 aliphatic carbocycles. The van der Waals surface area contributed by atoms with Crippen LogP contribution in [0.15, 0.2) is 6.07 Å². The minimum atomic E-state index is -0.219. The molecule has 0 saturated carbocycles. The zero-order chi connectivity index (χ0) is 12.4. The molecule has 0 radical (unpaired) electrons. The van der Waals surface area contributed by atoms with E-state index >= 15 is 0 Å². The number of benzene rings is 1. The van der Waals surface area contributed by atoms with E-state index in [4.69, 9.17) is 9.47 Å². The summed E-state index contributed by atoms with van der Waals surface area (Å²) in [4.78, 5) is 22.1. The maximum atomic E-state index is 11.1. The van der Waals surface area contributed by atoms with Crippen molar-refractivity contribution < 1.29 is 19.1 Å². The van der Waals surface area contributed by atoms with E-state index in [0.29, 0.717) is 29.2 Å². The van der Waals surface area contributed by atoms with E-state index in [1.165, 1.54) is 6.92 Å². The van der Waals surface area contributed by atoms with Gasteiger partial charge in [-0.25, -0.2) is 0 Å². The van der Waals surface area contributed by atoms with Gasteiger partial charge in [0, 0.05) is 18.1 Å². The summed E-state index contributed by atoms with van der Waals surface area (Å²) in [6.45, 7) is 3.44. The first kappa shape index (κ1) is 11.4. The molecule has 0 aromatic heterocycles. The second kappa shape index (κ2) is 4.45. The minimum Gasteiger partial charge on any atom is -0.453 e. The number of hydrogen-bond donors (Lipinski definition) is 1. The summed E-state index contributed by atoms with van der Waals surface area (Å²) in [7, 11) is 0. The standard InChI is InChI=1S/C12H13NO4/c1-3-9-8(5-14)4-10(13-7(2)15)12-11(9)16-6-17-12/h4-5H,3,6H2,1-2H3,(H,13,15). The maximum absolute atomic E-state index is 11.1. The maximum Gasteiger partial charge on any atom is 0.231 e. The molecule has 1 N–H and O–H groups in total. The Kier molecular flexibility index (Phi) is 2.99. The molecule has 17 heavy (non-hydrogen) atoms. The number of anilines is 1. The van der Waals surface area contributed by atoms with Crippen LogP contribution < -0.4 is 14.8 Å². The molecule has 5 heteroatoms. The van der Waals surface area contributed by atoms with E-state index in [9.17, 15) is 9.59 Å². The lowest BCUT2D eigenvalue weighted by molar-refractivity contribution is -0.114. The number of ether oxygens (including phenoxy) is 2. The number of rotatable bonds is 3. The third-order valence-electron chi connectivity index (χ3n) is 2.57. The fourth-order valence-electron chi connectivity index (χ4n) is 1.89. The lowest BCUT2D eigenvalue weighted by Gasteiger charge is -2.11. The highest BCUT2D eigenvalue weighted by Gasteiger charge is 2.24. The Hall–Kier alpha value is -2.04. The first-order valence-corrected chi connectivity index (χ1v) is 5.35. The van der Waals surface area contributed by atoms with Gasteiger partial charge in [0.2, 0.25) is 12.7 Å². The molecule has 1 aromatic carbocycles. The van der Waals surface area contributed by atoms with Crippen LogP contribution in [0, 0.1) is 0 Å². The van der Waals surface area contributed by atoms with E-state index in [-0.39, 0.29) is 12.7 Å². The van der Waals surface area contributed by atoms with Crippen molar-refractivity contribution >= 4 is 17.9 Å². The number of carbonyl (C=O) groups excluding carboxylic acids is 2. The van der Waals surface area contributed by atoms with Gasteiger partial charge in [-0.1, -0.05) is 6.92 Å². The van der Waals surface area contributed by atoms with Crippen LogP contribution in [-0.2, 0) is 11.2 Å². The Morgan fingerprint density at radius 1 is 1.47 bits per heavy atom. The Labute approximate surface area is 98.7 Å². The SMILES string of the molecule is CCc1c(C=O)cc(NC(C)=O)c2c1OCO2. The second-order valence-corrected chi connectivity index (χ2v) is 3.71. The molecule has 0 saturated heterocycles. The van der Waals surface area contributed by atoms with Crippen molar-refractivity contribution in [2.45, 2.75) is 20.3 Å². The van der Waals surface area contributed by atoms with E-state index in [1.807, 2.05) is 6.92 Å². The molecule has 0 unspecified atom stereocenters. The highest BCUT2D eigenvalue weighted by molar-refractivity contribution is 5.94. The number of aldehydes is 1. The van der Waals surface area contributed by atoms with Gasteiger partial charge in [0.15, 0.2) is 17.8 Å². The molecule has 0 bridgehead atoms. The summed E-state index contributed by atoms with van der Waals surface area (Å²) in [6, 6.07) is 1.61. The Bertz CT molecular complexity index is 482. The summed E-state index contributed by atoms with van der Waals surface area (Å²) in [5.41, 5.74) is 1.80. The first-order valence-electron chi connectivity index (χ1n) is 5.35. The molecule has 90 valence electrons. The highest BCUT2D eigenvalue weighted by atomic mass is 16.7. The minimum absolute atomic E-state index is 0.108. The second-order valence-electron chi connectivity index (χ2n) is 3.71. The molecule has 2 rings (SSSR count). The average molecular weight is 235 g/mol. The molecule has 1 aliphatic rings. The van der Waals surface area contributed by atoms with E-state index < -0.39 is 0 Å². The van der Waals surface area contributed by atoms with Gasteiger partial charge >= 0.3 is 0 Å². The Morgan fingerprint density at radius 3 is 2.76 bits per heavy atom. The summed E-state index contributed by atoms with van der Waals surface area (Å²) in [5.74, 6) is 0.840. The molecule has 5 nitrogen and oxygen atoms in total. The van der Waals surface area contributed by atoms with Crippen molar-refractivity contribution in [3.05, 3.63) is 17.2 Å². The van der Waals surface area contributed by atoms with E-state index in [0.717, 1.165) is 11.8 Å². The summed E-state index contributed by atoms with van der Waals surface area (Å²) in [6.07, 6.45) is 1.42. The number of carbonyl (C=O) groups is 2. The Balaban J connectivity index is 2.58. The average Bonchev–Trinajstić information content (AvgIpc) is 2.76. The van der Waals surface area contributed by atoms with Crippen LogP contribution in [0.2, 0.25) is 0 Å². The van der Waals surface area contributed by atoms with Crippen LogP contribution in [0.3, 0.4) is 0 Å². The van der Waals surface area contributed by atoms with Crippen molar-refractivity contribution in [2.75, 3.05) is 12.1 Å². The lowest BCUT2D eigenvalue weighted by Crippen LogP contribution is -2.07. The summed E-state index contributed by atoms with van der Waals surface area (Å²) < 4.78 is 10.7. The third kappa shape index (κ3) is 1.95. The highest BCUT2D eigenvalue weighted by Crippen LogP contribution is 2.43. The van der Waals surface area contributed by atoms with Gasteiger partial charge in [-0.15, -0.1) is 0 Å². The zero-order valence-electron chi connectivity index (χ0n) is 9.70. The molecule has 1 aliphatic heterocycles. The monoisotopic (exact) mass is 235 g/mol. The van der Waals surface area contributed by atoms with E-state index in [1.54, 1.807) is 6.07 Å². The van der Waals surface area contributed by atoms with Crippen molar-refractivity contribution in [1.29, 1.82) is 0 Å². The van der Waals surface area contributed by atoms with Crippen LogP contribution >= 0.6 is 0 Å². The largest absolute Gasteiger partial charge is 0.453 e. The van der Waals surface area contributed by atoms with Crippen molar-refractivity contribution in [3.63, 3.8) is 0 Å². The smallest absolute Gasteiger partial charge is 0.231 e. The van der Waals surface area contributed by atoms with Gasteiger partial charge in [0.1, 0.15) is 0 Å². The topological polar surface area (TPSA) is 64.6 Å². The van der Waals surface area contributed by atoms with Crippen LogP contribution in [-0.4, -0.2) is 19.0 Å². The van der Waals surface area contributed by atoms with Crippen LogP contribution in [0.5, 0.6) is 11.5 Å². The molecule has 0 atom stereocenters. The van der Waals surface area contributed by atoms with Crippen molar-refractivity contribution in [1.82, 2.24) is 0 Å². The summed E-state index contributed by atoms with van der Waals surface area (Å²) in [5, 5.41) is 2.63. The number of nitrogens with one attached hydrogen (secondary N) is 1. The molecular weight excluding hydrogens is 222 g/mol. The molecule has 1 amide bonds. The van der Waals surface area contributed by atoms with Gasteiger partial charge in [-0.2, -0.15) is 0 Å². The Morgan fingerprint density at radius 2 is 2.18 bits per heavy atom. The molecular formula is C12H13NO4. The van der Waals surface area contributed by atoms with Gasteiger partial charge in [-0.3, -0.25) is 9.59 Å². The predicted molar refractivity (Wildman–Crippen MR) is 61.6 cm³/mol.